The number of anilines is 2. The van der Waals surface area contributed by atoms with Gasteiger partial charge in [0.2, 0.25) is 10.0 Å². The van der Waals surface area contributed by atoms with Crippen molar-refractivity contribution in [1.29, 1.82) is 0 Å². The molecular weight excluding hydrogens is 388 g/mol. The van der Waals surface area contributed by atoms with Gasteiger partial charge in [0.05, 0.1) is 29.6 Å². The smallest absolute Gasteiger partial charge is 0.261 e. The first-order valence-electron chi connectivity index (χ1n) is 8.11. The summed E-state index contributed by atoms with van der Waals surface area (Å²) < 4.78 is 57.9. The first-order chi connectivity index (χ1) is 12.3. The van der Waals surface area contributed by atoms with E-state index in [4.69, 9.17) is 4.74 Å². The minimum atomic E-state index is -3.79. The van der Waals surface area contributed by atoms with Crippen LogP contribution in [0.15, 0.2) is 47.4 Å². The van der Waals surface area contributed by atoms with E-state index in [1.165, 1.54) is 25.3 Å². The summed E-state index contributed by atoms with van der Waals surface area (Å²) in [7, 11) is -5.91. The normalized spacial score (nSPS) is 12.5. The molecule has 0 aliphatic heterocycles. The zero-order chi connectivity index (χ0) is 20.5. The SMILES string of the molecule is COc1cc(NS(=O)(=O)c2ccc(C(C)(C)C)cc2)ccc1NS(C)(=O)=O. The fourth-order valence-electron chi connectivity index (χ4n) is 2.39. The Hall–Kier alpha value is -2.26. The van der Waals surface area contributed by atoms with Crippen LogP contribution in [0.5, 0.6) is 5.75 Å². The molecule has 7 nitrogen and oxygen atoms in total. The fourth-order valence-corrected chi connectivity index (χ4v) is 4.00. The molecule has 0 aliphatic carbocycles. The summed E-state index contributed by atoms with van der Waals surface area (Å²) in [5.41, 5.74) is 1.42. The summed E-state index contributed by atoms with van der Waals surface area (Å²) >= 11 is 0. The average Bonchev–Trinajstić information content (AvgIpc) is 2.54. The van der Waals surface area contributed by atoms with E-state index in [1.54, 1.807) is 24.3 Å². The molecule has 0 saturated carbocycles. The first-order valence-corrected chi connectivity index (χ1v) is 11.5. The molecule has 0 atom stereocenters. The number of hydrogen-bond donors (Lipinski definition) is 2. The second-order valence-electron chi connectivity index (χ2n) is 7.17. The van der Waals surface area contributed by atoms with Crippen LogP contribution in [0.2, 0.25) is 0 Å². The Morgan fingerprint density at radius 2 is 1.48 bits per heavy atom. The Kier molecular flexibility index (Phi) is 5.77. The van der Waals surface area contributed by atoms with Gasteiger partial charge >= 0.3 is 0 Å². The summed E-state index contributed by atoms with van der Waals surface area (Å²) in [5.74, 6) is 0.198. The minimum absolute atomic E-state index is 0.0778. The molecule has 0 amide bonds. The van der Waals surface area contributed by atoms with Crippen molar-refractivity contribution in [3.05, 3.63) is 48.0 Å². The molecule has 0 spiro atoms. The van der Waals surface area contributed by atoms with Crippen LogP contribution >= 0.6 is 0 Å². The van der Waals surface area contributed by atoms with E-state index in [1.807, 2.05) is 20.8 Å². The highest BCUT2D eigenvalue weighted by atomic mass is 32.2. The van der Waals surface area contributed by atoms with Crippen LogP contribution in [0.1, 0.15) is 26.3 Å². The van der Waals surface area contributed by atoms with Gasteiger partial charge in [0.15, 0.2) is 0 Å². The van der Waals surface area contributed by atoms with Gasteiger partial charge in [-0.25, -0.2) is 16.8 Å². The molecule has 0 aromatic heterocycles. The van der Waals surface area contributed by atoms with Gasteiger partial charge in [-0.15, -0.1) is 0 Å². The van der Waals surface area contributed by atoms with Gasteiger partial charge in [0.1, 0.15) is 5.75 Å². The largest absolute Gasteiger partial charge is 0.494 e. The van der Waals surface area contributed by atoms with Gasteiger partial charge < -0.3 is 4.74 Å². The Balaban J connectivity index is 2.29. The second kappa shape index (κ2) is 7.40. The lowest BCUT2D eigenvalue weighted by molar-refractivity contribution is 0.417. The highest BCUT2D eigenvalue weighted by molar-refractivity contribution is 7.92. The molecule has 2 rings (SSSR count). The molecule has 2 aromatic carbocycles. The van der Waals surface area contributed by atoms with Gasteiger partial charge in [0, 0.05) is 6.07 Å². The summed E-state index contributed by atoms with van der Waals surface area (Å²) in [6.45, 7) is 6.15. The maximum atomic E-state index is 12.6. The molecule has 0 heterocycles. The molecule has 0 aliphatic rings. The van der Waals surface area contributed by atoms with Gasteiger partial charge in [0.25, 0.3) is 10.0 Å². The first kappa shape index (κ1) is 21.0. The summed E-state index contributed by atoms with van der Waals surface area (Å²) in [6, 6.07) is 11.0. The number of methoxy groups -OCH3 is 1. The van der Waals surface area contributed by atoms with Crippen LogP contribution < -0.4 is 14.2 Å². The third kappa shape index (κ3) is 5.61. The summed E-state index contributed by atoms with van der Waals surface area (Å²) in [5, 5.41) is 0. The van der Waals surface area contributed by atoms with Crippen LogP contribution in [0, 0.1) is 0 Å². The predicted molar refractivity (Wildman–Crippen MR) is 107 cm³/mol. The molecule has 2 aromatic rings. The van der Waals surface area contributed by atoms with Crippen LogP contribution in [-0.2, 0) is 25.5 Å². The Bertz CT molecular complexity index is 1020. The van der Waals surface area contributed by atoms with Gasteiger partial charge in [-0.1, -0.05) is 32.9 Å². The zero-order valence-corrected chi connectivity index (χ0v) is 17.5. The highest BCUT2D eigenvalue weighted by Crippen LogP contribution is 2.30. The number of sulfonamides is 2. The Labute approximate surface area is 160 Å². The topological polar surface area (TPSA) is 102 Å². The van der Waals surface area contributed by atoms with Crippen molar-refractivity contribution < 1.29 is 21.6 Å². The monoisotopic (exact) mass is 412 g/mol. The van der Waals surface area contributed by atoms with E-state index in [9.17, 15) is 16.8 Å². The van der Waals surface area contributed by atoms with Crippen LogP contribution in [0.4, 0.5) is 11.4 Å². The lowest BCUT2D eigenvalue weighted by atomic mass is 9.87. The lowest BCUT2D eigenvalue weighted by Crippen LogP contribution is -2.15. The molecule has 148 valence electrons. The third-order valence-electron chi connectivity index (χ3n) is 3.78. The van der Waals surface area contributed by atoms with Crippen LogP contribution in [0.25, 0.3) is 0 Å². The van der Waals surface area contributed by atoms with Crippen molar-refractivity contribution in [2.45, 2.75) is 31.1 Å². The molecular formula is C18H24N2O5S2. The second-order valence-corrected chi connectivity index (χ2v) is 10.6. The Morgan fingerprint density at radius 1 is 0.889 bits per heavy atom. The minimum Gasteiger partial charge on any atom is -0.494 e. The number of hydrogen-bond acceptors (Lipinski definition) is 5. The molecule has 27 heavy (non-hydrogen) atoms. The average molecular weight is 413 g/mol. The number of nitrogens with one attached hydrogen (secondary N) is 2. The lowest BCUT2D eigenvalue weighted by Gasteiger charge is -2.19. The zero-order valence-electron chi connectivity index (χ0n) is 15.9. The maximum Gasteiger partial charge on any atom is 0.261 e. The number of rotatable bonds is 6. The molecule has 0 fully saturated rings. The van der Waals surface area contributed by atoms with E-state index in [2.05, 4.69) is 9.44 Å². The molecule has 9 heteroatoms. The van der Waals surface area contributed by atoms with Crippen molar-refractivity contribution >= 4 is 31.4 Å². The molecule has 2 N–H and O–H groups in total. The molecule has 0 bridgehead atoms. The van der Waals surface area contributed by atoms with E-state index < -0.39 is 20.0 Å². The predicted octanol–water partition coefficient (Wildman–Crippen LogP) is 3.17. The fraction of sp³-hybridized carbons (Fsp3) is 0.333. The van der Waals surface area contributed by atoms with E-state index in [-0.39, 0.29) is 27.4 Å². The standard InChI is InChI=1S/C18H24N2O5S2/c1-18(2,3)13-6-9-15(10-7-13)27(23,24)19-14-8-11-16(17(12-14)25-4)20-26(5,21)22/h6-12,19-20H,1-5H3. The van der Waals surface area contributed by atoms with Crippen molar-refractivity contribution in [2.75, 3.05) is 22.8 Å². The number of ether oxygens (including phenoxy) is 1. The van der Waals surface area contributed by atoms with Gasteiger partial charge in [-0.3, -0.25) is 9.44 Å². The van der Waals surface area contributed by atoms with E-state index in [0.717, 1.165) is 11.8 Å². The van der Waals surface area contributed by atoms with Crippen molar-refractivity contribution in [3.8, 4) is 5.75 Å². The van der Waals surface area contributed by atoms with E-state index in [0.29, 0.717) is 0 Å². The third-order valence-corrected chi connectivity index (χ3v) is 5.77. The summed E-state index contributed by atoms with van der Waals surface area (Å²) in [4.78, 5) is 0.132. The van der Waals surface area contributed by atoms with Gasteiger partial charge in [-0.05, 0) is 35.2 Å². The molecule has 0 radical (unpaired) electrons. The highest BCUT2D eigenvalue weighted by Gasteiger charge is 2.18. The van der Waals surface area contributed by atoms with Crippen molar-refractivity contribution in [3.63, 3.8) is 0 Å². The quantitative estimate of drug-likeness (QED) is 0.759. The summed E-state index contributed by atoms with van der Waals surface area (Å²) in [6.07, 6.45) is 1.02. The molecule has 0 saturated heterocycles. The van der Waals surface area contributed by atoms with E-state index >= 15 is 0 Å². The molecule has 0 unspecified atom stereocenters. The van der Waals surface area contributed by atoms with Crippen molar-refractivity contribution in [2.24, 2.45) is 0 Å². The van der Waals surface area contributed by atoms with Crippen LogP contribution in [-0.4, -0.2) is 30.2 Å². The van der Waals surface area contributed by atoms with Crippen LogP contribution in [0.3, 0.4) is 0 Å². The van der Waals surface area contributed by atoms with Gasteiger partial charge in [-0.2, -0.15) is 0 Å². The number of benzene rings is 2. The Morgan fingerprint density at radius 3 is 1.96 bits per heavy atom. The maximum absolute atomic E-state index is 12.6. The van der Waals surface area contributed by atoms with Crippen molar-refractivity contribution in [1.82, 2.24) is 0 Å².